The van der Waals surface area contributed by atoms with Crippen LogP contribution in [0.5, 0.6) is 0 Å². The van der Waals surface area contributed by atoms with E-state index in [4.69, 9.17) is 11.0 Å². The van der Waals surface area contributed by atoms with E-state index in [1.165, 1.54) is 11.3 Å². The van der Waals surface area contributed by atoms with Crippen LogP contribution in [0.3, 0.4) is 0 Å². The van der Waals surface area contributed by atoms with Gasteiger partial charge in [0.1, 0.15) is 6.07 Å². The van der Waals surface area contributed by atoms with E-state index in [0.717, 1.165) is 10.4 Å². The molecule has 0 aromatic carbocycles. The molecule has 78 valence electrons. The molecule has 3 nitrogen and oxygen atoms in total. The number of allylic oxidation sites excluding steroid dienone is 1. The first-order valence-electron chi connectivity index (χ1n) is 4.67. The molecule has 0 saturated heterocycles. The molecule has 2 N–H and O–H groups in total. The maximum Gasteiger partial charge on any atom is 0.102 e. The summed E-state index contributed by atoms with van der Waals surface area (Å²) in [4.78, 5) is 4.88. The van der Waals surface area contributed by atoms with E-state index >= 15 is 0 Å². The Hall–Kier alpha value is -2.12. The number of hydrogen-bond donors (Lipinski definition) is 1. The van der Waals surface area contributed by atoms with Gasteiger partial charge in [-0.15, -0.1) is 11.3 Å². The zero-order valence-electron chi connectivity index (χ0n) is 8.42. The fourth-order valence-electron chi connectivity index (χ4n) is 1.35. The van der Waals surface area contributed by atoms with Crippen LogP contribution in [0.2, 0.25) is 0 Å². The Morgan fingerprint density at radius 2 is 2.25 bits per heavy atom. The minimum absolute atomic E-state index is 0.468. The molecule has 0 amide bonds. The predicted molar refractivity (Wildman–Crippen MR) is 65.2 cm³/mol. The summed E-state index contributed by atoms with van der Waals surface area (Å²) in [6.45, 7) is 0. The van der Waals surface area contributed by atoms with Crippen molar-refractivity contribution in [1.29, 1.82) is 5.26 Å². The maximum absolute atomic E-state index is 9.14. The van der Waals surface area contributed by atoms with Crippen LogP contribution in [0.1, 0.15) is 10.4 Å². The van der Waals surface area contributed by atoms with E-state index in [2.05, 4.69) is 11.1 Å². The van der Waals surface area contributed by atoms with Gasteiger partial charge in [0.15, 0.2) is 0 Å². The molecule has 2 aromatic heterocycles. The topological polar surface area (TPSA) is 62.7 Å². The van der Waals surface area contributed by atoms with Crippen LogP contribution in [-0.2, 0) is 0 Å². The van der Waals surface area contributed by atoms with Gasteiger partial charge >= 0.3 is 0 Å². The summed E-state index contributed by atoms with van der Waals surface area (Å²) in [5, 5.41) is 11.1. The lowest BCUT2D eigenvalue weighted by molar-refractivity contribution is 1.31. The lowest BCUT2D eigenvalue weighted by atomic mass is 10.1. The third kappa shape index (κ3) is 1.95. The van der Waals surface area contributed by atoms with Crippen molar-refractivity contribution in [2.45, 2.75) is 0 Å². The summed E-state index contributed by atoms with van der Waals surface area (Å²) in [5.74, 6) is 0. The van der Waals surface area contributed by atoms with Crippen LogP contribution in [0.4, 0.5) is 0 Å². The molecule has 0 atom stereocenters. The van der Waals surface area contributed by atoms with Crippen molar-refractivity contribution < 1.29 is 0 Å². The normalized spacial score (nSPS) is 11.7. The SMILES string of the molecule is N#C/C(=C(/N)c1cccs1)c1cccnc1. The number of hydrogen-bond acceptors (Lipinski definition) is 4. The molecular weight excluding hydrogens is 218 g/mol. The van der Waals surface area contributed by atoms with Crippen molar-refractivity contribution in [3.8, 4) is 6.07 Å². The quantitative estimate of drug-likeness (QED) is 0.802. The molecule has 0 aliphatic carbocycles. The number of nitriles is 1. The summed E-state index contributed by atoms with van der Waals surface area (Å²) in [6.07, 6.45) is 3.30. The zero-order valence-corrected chi connectivity index (χ0v) is 9.24. The van der Waals surface area contributed by atoms with Crippen molar-refractivity contribution in [2.75, 3.05) is 0 Å². The number of aromatic nitrogens is 1. The first-order chi connectivity index (χ1) is 7.83. The van der Waals surface area contributed by atoms with Gasteiger partial charge in [-0.05, 0) is 17.5 Å². The number of rotatable bonds is 2. The Bertz CT molecular complexity index is 535. The van der Waals surface area contributed by atoms with Crippen LogP contribution >= 0.6 is 11.3 Å². The predicted octanol–water partition coefficient (Wildman–Crippen LogP) is 2.49. The third-order valence-corrected chi connectivity index (χ3v) is 3.02. The van der Waals surface area contributed by atoms with Crippen molar-refractivity contribution in [3.05, 3.63) is 52.5 Å². The van der Waals surface area contributed by atoms with Crippen molar-refractivity contribution >= 4 is 22.6 Å². The van der Waals surface area contributed by atoms with Gasteiger partial charge in [0, 0.05) is 18.0 Å². The van der Waals surface area contributed by atoms with Crippen LogP contribution in [0, 0.1) is 11.3 Å². The van der Waals surface area contributed by atoms with E-state index in [1.807, 2.05) is 23.6 Å². The molecule has 4 heteroatoms. The number of thiophene rings is 1. The standard InChI is InChI=1S/C12H9N3S/c13-7-10(9-3-1-5-15-8-9)12(14)11-4-2-6-16-11/h1-6,8H,14H2/b12-10-. The highest BCUT2D eigenvalue weighted by molar-refractivity contribution is 7.11. The van der Waals surface area contributed by atoms with Crippen molar-refractivity contribution in [3.63, 3.8) is 0 Å². The van der Waals surface area contributed by atoms with Gasteiger partial charge in [0.05, 0.1) is 16.1 Å². The second-order valence-corrected chi connectivity index (χ2v) is 4.07. The molecule has 16 heavy (non-hydrogen) atoms. The average molecular weight is 227 g/mol. The van der Waals surface area contributed by atoms with E-state index in [-0.39, 0.29) is 0 Å². The lowest BCUT2D eigenvalue weighted by Crippen LogP contribution is -1.98. The Labute approximate surface area is 97.5 Å². The summed E-state index contributed by atoms with van der Waals surface area (Å²) >= 11 is 1.51. The van der Waals surface area contributed by atoms with Crippen molar-refractivity contribution in [2.24, 2.45) is 5.73 Å². The highest BCUT2D eigenvalue weighted by Gasteiger charge is 2.08. The van der Waals surface area contributed by atoms with Crippen LogP contribution in [0.25, 0.3) is 11.3 Å². The molecule has 0 aliphatic heterocycles. The average Bonchev–Trinajstić information content (AvgIpc) is 2.85. The first kappa shape index (κ1) is 10.4. The molecule has 2 heterocycles. The smallest absolute Gasteiger partial charge is 0.102 e. The summed E-state index contributed by atoms with van der Waals surface area (Å²) in [6, 6.07) is 9.54. The van der Waals surface area contributed by atoms with E-state index in [9.17, 15) is 0 Å². The molecule has 2 rings (SSSR count). The van der Waals surface area contributed by atoms with Crippen LogP contribution < -0.4 is 5.73 Å². The van der Waals surface area contributed by atoms with Gasteiger partial charge in [-0.1, -0.05) is 12.1 Å². The van der Waals surface area contributed by atoms with Gasteiger partial charge in [0.25, 0.3) is 0 Å². The third-order valence-electron chi connectivity index (χ3n) is 2.12. The van der Waals surface area contributed by atoms with Gasteiger partial charge in [-0.25, -0.2) is 0 Å². The second kappa shape index (κ2) is 4.60. The second-order valence-electron chi connectivity index (χ2n) is 3.12. The Kier molecular flexibility index (Phi) is 2.99. The fraction of sp³-hybridized carbons (Fsp3) is 0. The summed E-state index contributed by atoms with van der Waals surface area (Å²) in [5.41, 5.74) is 7.69. The van der Waals surface area contributed by atoms with E-state index in [1.54, 1.807) is 18.5 Å². The number of pyridine rings is 1. The molecular formula is C12H9N3S. The van der Waals surface area contributed by atoms with Crippen LogP contribution in [-0.4, -0.2) is 4.98 Å². The molecule has 2 aromatic rings. The Morgan fingerprint density at radius 3 is 2.81 bits per heavy atom. The Balaban J connectivity index is 2.52. The molecule has 0 fully saturated rings. The molecule has 0 unspecified atom stereocenters. The highest BCUT2D eigenvalue weighted by Crippen LogP contribution is 2.24. The Morgan fingerprint density at radius 1 is 1.38 bits per heavy atom. The van der Waals surface area contributed by atoms with Gasteiger partial charge < -0.3 is 5.73 Å². The van der Waals surface area contributed by atoms with Gasteiger partial charge in [0.2, 0.25) is 0 Å². The van der Waals surface area contributed by atoms with E-state index in [0.29, 0.717) is 11.3 Å². The highest BCUT2D eigenvalue weighted by atomic mass is 32.1. The molecule has 0 spiro atoms. The lowest BCUT2D eigenvalue weighted by Gasteiger charge is -2.02. The maximum atomic E-state index is 9.14. The fourth-order valence-corrected chi connectivity index (χ4v) is 2.04. The minimum atomic E-state index is 0.468. The zero-order chi connectivity index (χ0) is 11.4. The molecule has 0 radical (unpaired) electrons. The van der Waals surface area contributed by atoms with Crippen LogP contribution in [0.15, 0.2) is 42.0 Å². The summed E-state index contributed by atoms with van der Waals surface area (Å²) < 4.78 is 0. The minimum Gasteiger partial charge on any atom is -0.396 e. The summed E-state index contributed by atoms with van der Waals surface area (Å²) in [7, 11) is 0. The first-order valence-corrected chi connectivity index (χ1v) is 5.55. The van der Waals surface area contributed by atoms with Crippen molar-refractivity contribution in [1.82, 2.24) is 4.98 Å². The van der Waals surface area contributed by atoms with Gasteiger partial charge in [-0.2, -0.15) is 5.26 Å². The number of nitrogens with zero attached hydrogens (tertiary/aromatic N) is 2. The number of nitrogens with two attached hydrogens (primary N) is 1. The largest absolute Gasteiger partial charge is 0.396 e. The monoisotopic (exact) mass is 227 g/mol. The molecule has 0 bridgehead atoms. The molecule has 0 saturated carbocycles. The van der Waals surface area contributed by atoms with E-state index < -0.39 is 0 Å². The molecule has 0 aliphatic rings. The van der Waals surface area contributed by atoms with Gasteiger partial charge in [-0.3, -0.25) is 4.98 Å².